The van der Waals surface area contributed by atoms with Crippen molar-refractivity contribution in [3.8, 4) is 0 Å². The average molecular weight is 145 g/mol. The van der Waals surface area contributed by atoms with Crippen LogP contribution in [0.15, 0.2) is 0 Å². The minimum absolute atomic E-state index is 0.0775. The van der Waals surface area contributed by atoms with Gasteiger partial charge in [-0.1, -0.05) is 0 Å². The molecule has 0 aromatic carbocycles. The molecule has 0 aliphatic carbocycles. The van der Waals surface area contributed by atoms with Crippen LogP contribution in [0.4, 0.5) is 0 Å². The fourth-order valence-electron chi connectivity index (χ4n) is 1.01. The molecule has 1 unspecified atom stereocenters. The SMILES string of the molecule is C[C@H]1NCCOC1C(=O)O. The van der Waals surface area contributed by atoms with Crippen molar-refractivity contribution in [2.75, 3.05) is 13.2 Å². The molecular weight excluding hydrogens is 134 g/mol. The number of ether oxygens (including phenoxy) is 1. The van der Waals surface area contributed by atoms with Crippen LogP contribution in [-0.4, -0.2) is 36.4 Å². The first-order chi connectivity index (χ1) is 4.72. The van der Waals surface area contributed by atoms with Gasteiger partial charge in [-0.2, -0.15) is 0 Å². The Kier molecular flexibility index (Phi) is 2.24. The fraction of sp³-hybridized carbons (Fsp3) is 0.833. The molecule has 58 valence electrons. The maximum atomic E-state index is 10.4. The van der Waals surface area contributed by atoms with E-state index in [1.54, 1.807) is 6.92 Å². The number of carboxylic acid groups (broad SMARTS) is 1. The smallest absolute Gasteiger partial charge is 0.334 e. The van der Waals surface area contributed by atoms with E-state index in [4.69, 9.17) is 9.84 Å². The van der Waals surface area contributed by atoms with Crippen LogP contribution in [0.25, 0.3) is 0 Å². The van der Waals surface area contributed by atoms with E-state index in [1.807, 2.05) is 0 Å². The zero-order chi connectivity index (χ0) is 7.56. The van der Waals surface area contributed by atoms with Gasteiger partial charge in [-0.05, 0) is 6.92 Å². The summed E-state index contributed by atoms with van der Waals surface area (Å²) in [5.41, 5.74) is 0. The fourth-order valence-corrected chi connectivity index (χ4v) is 1.01. The van der Waals surface area contributed by atoms with E-state index in [-0.39, 0.29) is 6.04 Å². The summed E-state index contributed by atoms with van der Waals surface area (Å²) in [5.74, 6) is -0.889. The normalized spacial score (nSPS) is 33.7. The molecule has 0 radical (unpaired) electrons. The van der Waals surface area contributed by atoms with Gasteiger partial charge < -0.3 is 15.2 Å². The summed E-state index contributed by atoms with van der Waals surface area (Å²) in [6.45, 7) is 3.03. The van der Waals surface area contributed by atoms with Crippen LogP contribution in [0.3, 0.4) is 0 Å². The predicted molar refractivity (Wildman–Crippen MR) is 34.8 cm³/mol. The zero-order valence-corrected chi connectivity index (χ0v) is 5.83. The third-order valence-corrected chi connectivity index (χ3v) is 1.56. The third-order valence-electron chi connectivity index (χ3n) is 1.56. The van der Waals surface area contributed by atoms with Crippen LogP contribution < -0.4 is 5.32 Å². The predicted octanol–water partition coefficient (Wildman–Crippen LogP) is -0.552. The Morgan fingerprint density at radius 2 is 2.50 bits per heavy atom. The summed E-state index contributed by atoms with van der Waals surface area (Å²) >= 11 is 0. The number of hydrogen-bond acceptors (Lipinski definition) is 3. The molecule has 0 amide bonds. The van der Waals surface area contributed by atoms with Gasteiger partial charge in [0.25, 0.3) is 0 Å². The van der Waals surface area contributed by atoms with E-state index in [1.165, 1.54) is 0 Å². The van der Waals surface area contributed by atoms with Crippen LogP contribution in [0.5, 0.6) is 0 Å². The quantitative estimate of drug-likeness (QED) is 0.519. The number of hydrogen-bond donors (Lipinski definition) is 2. The lowest BCUT2D eigenvalue weighted by atomic mass is 10.1. The van der Waals surface area contributed by atoms with Gasteiger partial charge in [-0.3, -0.25) is 0 Å². The lowest BCUT2D eigenvalue weighted by Crippen LogP contribution is -2.50. The number of morpholine rings is 1. The number of rotatable bonds is 1. The van der Waals surface area contributed by atoms with Crippen molar-refractivity contribution < 1.29 is 14.6 Å². The zero-order valence-electron chi connectivity index (χ0n) is 5.83. The Morgan fingerprint density at radius 3 is 2.90 bits per heavy atom. The highest BCUT2D eigenvalue weighted by atomic mass is 16.5. The van der Waals surface area contributed by atoms with Gasteiger partial charge >= 0.3 is 5.97 Å². The van der Waals surface area contributed by atoms with Gasteiger partial charge in [0, 0.05) is 12.6 Å². The number of nitrogens with one attached hydrogen (secondary N) is 1. The third kappa shape index (κ3) is 1.46. The molecule has 0 bridgehead atoms. The van der Waals surface area contributed by atoms with Gasteiger partial charge in [0.15, 0.2) is 6.10 Å². The van der Waals surface area contributed by atoms with Crippen LogP contribution >= 0.6 is 0 Å². The summed E-state index contributed by atoms with van der Waals surface area (Å²) in [6.07, 6.45) is -0.672. The molecule has 1 saturated heterocycles. The Morgan fingerprint density at radius 1 is 1.80 bits per heavy atom. The highest BCUT2D eigenvalue weighted by molar-refractivity contribution is 5.73. The molecular formula is C6H11NO3. The van der Waals surface area contributed by atoms with E-state index in [2.05, 4.69) is 5.32 Å². The number of carboxylic acids is 1. The monoisotopic (exact) mass is 145 g/mol. The lowest BCUT2D eigenvalue weighted by molar-refractivity contribution is -0.154. The van der Waals surface area contributed by atoms with Gasteiger partial charge in [0.05, 0.1) is 6.61 Å². The van der Waals surface area contributed by atoms with E-state index >= 15 is 0 Å². The first-order valence-corrected chi connectivity index (χ1v) is 3.29. The second-order valence-corrected chi connectivity index (χ2v) is 2.37. The second-order valence-electron chi connectivity index (χ2n) is 2.37. The van der Waals surface area contributed by atoms with Crippen molar-refractivity contribution in [3.05, 3.63) is 0 Å². The summed E-state index contributed by atoms with van der Waals surface area (Å²) in [4.78, 5) is 10.4. The van der Waals surface area contributed by atoms with E-state index in [0.29, 0.717) is 6.61 Å². The standard InChI is InChI=1S/C6H11NO3/c1-4-5(6(8)9)10-3-2-7-4/h4-5,7H,2-3H2,1H3,(H,8,9)/t4-,5?/m1/s1. The van der Waals surface area contributed by atoms with Crippen molar-refractivity contribution in [2.24, 2.45) is 0 Å². The van der Waals surface area contributed by atoms with Crippen molar-refractivity contribution in [1.82, 2.24) is 5.32 Å². The summed E-state index contributed by atoms with van der Waals surface area (Å²) in [7, 11) is 0. The molecule has 4 nitrogen and oxygen atoms in total. The van der Waals surface area contributed by atoms with E-state index in [9.17, 15) is 4.79 Å². The molecule has 4 heteroatoms. The van der Waals surface area contributed by atoms with Gasteiger partial charge in [-0.15, -0.1) is 0 Å². The highest BCUT2D eigenvalue weighted by Gasteiger charge is 2.27. The van der Waals surface area contributed by atoms with Crippen LogP contribution in [-0.2, 0) is 9.53 Å². The van der Waals surface area contributed by atoms with Crippen molar-refractivity contribution in [1.29, 1.82) is 0 Å². The Bertz CT molecular complexity index is 137. The topological polar surface area (TPSA) is 58.6 Å². The summed E-state index contributed by atoms with van der Waals surface area (Å²) < 4.78 is 4.99. The van der Waals surface area contributed by atoms with Crippen LogP contribution in [0.1, 0.15) is 6.92 Å². The Hall–Kier alpha value is -0.610. The second kappa shape index (κ2) is 2.98. The molecule has 0 spiro atoms. The molecule has 10 heavy (non-hydrogen) atoms. The largest absolute Gasteiger partial charge is 0.479 e. The maximum absolute atomic E-state index is 10.4. The Labute approximate surface area is 59.2 Å². The molecule has 1 aliphatic rings. The van der Waals surface area contributed by atoms with Crippen molar-refractivity contribution >= 4 is 5.97 Å². The Balaban J connectivity index is 2.47. The van der Waals surface area contributed by atoms with E-state index in [0.717, 1.165) is 6.54 Å². The molecule has 1 fully saturated rings. The van der Waals surface area contributed by atoms with E-state index < -0.39 is 12.1 Å². The molecule has 1 heterocycles. The van der Waals surface area contributed by atoms with Gasteiger partial charge in [0.1, 0.15) is 0 Å². The first kappa shape index (κ1) is 7.50. The van der Waals surface area contributed by atoms with Gasteiger partial charge in [-0.25, -0.2) is 4.79 Å². The average Bonchev–Trinajstić information content (AvgIpc) is 1.88. The van der Waals surface area contributed by atoms with Crippen LogP contribution in [0.2, 0.25) is 0 Å². The molecule has 2 N–H and O–H groups in total. The minimum atomic E-state index is -0.889. The first-order valence-electron chi connectivity index (χ1n) is 3.29. The molecule has 0 aromatic heterocycles. The number of aliphatic carboxylic acids is 1. The van der Waals surface area contributed by atoms with Crippen LogP contribution in [0, 0.1) is 0 Å². The summed E-state index contributed by atoms with van der Waals surface area (Å²) in [5, 5.41) is 11.6. The summed E-state index contributed by atoms with van der Waals surface area (Å²) in [6, 6.07) is -0.0775. The molecule has 0 saturated carbocycles. The minimum Gasteiger partial charge on any atom is -0.479 e. The lowest BCUT2D eigenvalue weighted by Gasteiger charge is -2.26. The number of carbonyl (C=O) groups is 1. The molecule has 1 rings (SSSR count). The van der Waals surface area contributed by atoms with Gasteiger partial charge in [0.2, 0.25) is 0 Å². The van der Waals surface area contributed by atoms with Crippen molar-refractivity contribution in [3.63, 3.8) is 0 Å². The molecule has 2 atom stereocenters. The van der Waals surface area contributed by atoms with Crippen molar-refractivity contribution in [2.45, 2.75) is 19.1 Å². The molecule has 1 aliphatic heterocycles. The maximum Gasteiger partial charge on any atom is 0.334 e. The molecule has 0 aromatic rings. The highest BCUT2D eigenvalue weighted by Crippen LogP contribution is 2.03.